The number of hydrogen-bond acceptors (Lipinski definition) is 6. The van der Waals surface area contributed by atoms with Gasteiger partial charge in [-0.2, -0.15) is 8.78 Å². The van der Waals surface area contributed by atoms with Crippen molar-refractivity contribution in [2.75, 3.05) is 6.61 Å². The maximum atomic E-state index is 14.0. The van der Waals surface area contributed by atoms with Crippen LogP contribution in [0.4, 0.5) is 8.78 Å². The van der Waals surface area contributed by atoms with Gasteiger partial charge in [-0.1, -0.05) is 11.6 Å². The van der Waals surface area contributed by atoms with Crippen molar-refractivity contribution in [1.82, 2.24) is 19.5 Å². The van der Waals surface area contributed by atoms with E-state index < -0.39 is 31.0 Å². The molecule has 0 aliphatic carbocycles. The first kappa shape index (κ1) is 13.6. The van der Waals surface area contributed by atoms with Crippen LogP contribution in [0.15, 0.2) is 12.7 Å². The van der Waals surface area contributed by atoms with Crippen molar-refractivity contribution in [2.24, 2.45) is 0 Å². The third kappa shape index (κ3) is 1.78. The molecule has 20 heavy (non-hydrogen) atoms. The number of rotatable bonds is 2. The summed E-state index contributed by atoms with van der Waals surface area (Å²) in [7, 11) is 0. The van der Waals surface area contributed by atoms with Gasteiger partial charge in [-0.15, -0.1) is 0 Å². The van der Waals surface area contributed by atoms with Crippen LogP contribution in [0.2, 0.25) is 5.15 Å². The lowest BCUT2D eigenvalue weighted by molar-refractivity contribution is -0.138. The van der Waals surface area contributed by atoms with Crippen LogP contribution in [-0.2, 0) is 4.74 Å². The van der Waals surface area contributed by atoms with Crippen molar-refractivity contribution in [2.45, 2.75) is 24.4 Å². The predicted octanol–water partition coefficient (Wildman–Crippen LogP) is 0.366. The van der Waals surface area contributed by atoms with Gasteiger partial charge in [-0.25, -0.2) is 15.0 Å². The standard InChI is InChI=1S/C10H9ClF2N4O3/c11-7-5-8(15-2-14-7)17(3-16-5)9-10(12,13)6(19)4(1-18)20-9/h2-4,6,9,18-19H,1H2/t4-,6-,9-/m0/s1. The molecule has 0 aromatic carbocycles. The summed E-state index contributed by atoms with van der Waals surface area (Å²) < 4.78 is 34.0. The molecule has 1 aliphatic rings. The monoisotopic (exact) mass is 306 g/mol. The van der Waals surface area contributed by atoms with Crippen LogP contribution in [0.5, 0.6) is 0 Å². The second kappa shape index (κ2) is 4.55. The molecule has 10 heteroatoms. The van der Waals surface area contributed by atoms with Crippen molar-refractivity contribution in [3.63, 3.8) is 0 Å². The number of hydrogen-bond donors (Lipinski definition) is 2. The second-order valence-corrected chi connectivity index (χ2v) is 4.68. The molecule has 3 atom stereocenters. The zero-order valence-corrected chi connectivity index (χ0v) is 10.6. The van der Waals surface area contributed by atoms with Crippen LogP contribution in [0.3, 0.4) is 0 Å². The normalized spacial score (nSPS) is 29.1. The van der Waals surface area contributed by atoms with Crippen LogP contribution in [0.25, 0.3) is 11.2 Å². The van der Waals surface area contributed by atoms with E-state index >= 15 is 0 Å². The molecule has 0 unspecified atom stereocenters. The molecule has 3 rings (SSSR count). The Labute approximate surface area is 115 Å². The Morgan fingerprint density at radius 1 is 1.40 bits per heavy atom. The van der Waals surface area contributed by atoms with E-state index in [0.29, 0.717) is 0 Å². The van der Waals surface area contributed by atoms with Gasteiger partial charge in [-0.3, -0.25) is 4.57 Å². The van der Waals surface area contributed by atoms with E-state index in [1.54, 1.807) is 0 Å². The summed E-state index contributed by atoms with van der Waals surface area (Å²) in [6.07, 6.45) is -3.14. The molecular formula is C10H9ClF2N4O3. The van der Waals surface area contributed by atoms with Gasteiger partial charge >= 0.3 is 5.92 Å². The highest BCUT2D eigenvalue weighted by atomic mass is 35.5. The Morgan fingerprint density at radius 2 is 2.15 bits per heavy atom. The van der Waals surface area contributed by atoms with Gasteiger partial charge in [0.15, 0.2) is 16.9 Å². The van der Waals surface area contributed by atoms with Gasteiger partial charge in [0.1, 0.15) is 17.9 Å². The summed E-state index contributed by atoms with van der Waals surface area (Å²) in [5, 5.41) is 18.5. The minimum absolute atomic E-state index is 0.0225. The van der Waals surface area contributed by atoms with Gasteiger partial charge in [-0.05, 0) is 0 Å². The highest BCUT2D eigenvalue weighted by Crippen LogP contribution is 2.43. The fourth-order valence-corrected chi connectivity index (χ4v) is 2.29. The summed E-state index contributed by atoms with van der Waals surface area (Å²) in [5.74, 6) is -3.60. The van der Waals surface area contributed by atoms with Gasteiger partial charge in [0.05, 0.1) is 12.9 Å². The highest BCUT2D eigenvalue weighted by molar-refractivity contribution is 6.33. The Morgan fingerprint density at radius 3 is 2.80 bits per heavy atom. The van der Waals surface area contributed by atoms with Crippen LogP contribution in [0, 0.1) is 0 Å². The molecule has 1 saturated heterocycles. The molecule has 2 aromatic rings. The maximum Gasteiger partial charge on any atom is 0.320 e. The smallest absolute Gasteiger partial charge is 0.320 e. The molecule has 7 nitrogen and oxygen atoms in total. The van der Waals surface area contributed by atoms with Crippen LogP contribution >= 0.6 is 11.6 Å². The Kier molecular flexibility index (Phi) is 3.09. The molecule has 1 fully saturated rings. The number of alkyl halides is 2. The Hall–Kier alpha value is -1.42. The van der Waals surface area contributed by atoms with Crippen LogP contribution in [0.1, 0.15) is 6.23 Å². The summed E-state index contributed by atoms with van der Waals surface area (Å²) in [6, 6.07) is 0. The van der Waals surface area contributed by atoms with Gasteiger partial charge in [0.25, 0.3) is 0 Å². The molecule has 108 valence electrons. The molecule has 1 aliphatic heterocycles. The fraction of sp³-hybridized carbons (Fsp3) is 0.500. The molecule has 3 heterocycles. The van der Waals surface area contributed by atoms with Crippen molar-refractivity contribution in [3.05, 3.63) is 17.8 Å². The number of halogens is 3. The van der Waals surface area contributed by atoms with Crippen molar-refractivity contribution in [1.29, 1.82) is 0 Å². The first-order chi connectivity index (χ1) is 9.46. The van der Waals surface area contributed by atoms with Crippen molar-refractivity contribution >= 4 is 22.8 Å². The summed E-state index contributed by atoms with van der Waals surface area (Å²) in [4.78, 5) is 11.4. The summed E-state index contributed by atoms with van der Waals surface area (Å²) in [5.41, 5.74) is 0.205. The average Bonchev–Trinajstić information content (AvgIpc) is 2.92. The lowest BCUT2D eigenvalue weighted by atomic mass is 10.1. The second-order valence-electron chi connectivity index (χ2n) is 4.32. The average molecular weight is 307 g/mol. The number of aliphatic hydroxyl groups excluding tert-OH is 2. The SMILES string of the molecule is OC[C@@H]1O[C@H](n2cnc3c(Cl)ncnc32)C(F)(F)[C@H]1O. The third-order valence-electron chi connectivity index (χ3n) is 3.13. The van der Waals surface area contributed by atoms with Gasteiger partial charge in [0.2, 0.25) is 6.23 Å². The number of fused-ring (bicyclic) bond motifs is 1. The predicted molar refractivity (Wildman–Crippen MR) is 62.3 cm³/mol. The molecule has 0 bridgehead atoms. The number of ether oxygens (including phenoxy) is 1. The van der Waals surface area contributed by atoms with Gasteiger partial charge in [0, 0.05) is 0 Å². The van der Waals surface area contributed by atoms with E-state index in [4.69, 9.17) is 21.4 Å². The number of aliphatic hydroxyl groups is 2. The van der Waals surface area contributed by atoms with E-state index in [9.17, 15) is 13.9 Å². The van der Waals surface area contributed by atoms with E-state index in [1.165, 1.54) is 0 Å². The first-order valence-electron chi connectivity index (χ1n) is 5.62. The molecule has 0 radical (unpaired) electrons. The Bertz CT molecular complexity index is 652. The minimum atomic E-state index is -3.60. The van der Waals surface area contributed by atoms with Crippen molar-refractivity contribution < 1.29 is 23.7 Å². The topological polar surface area (TPSA) is 93.3 Å². The number of nitrogens with zero attached hydrogens (tertiary/aromatic N) is 4. The maximum absolute atomic E-state index is 14.0. The molecule has 2 N–H and O–H groups in total. The summed E-state index contributed by atoms with van der Waals surface area (Å²) >= 11 is 5.79. The quantitative estimate of drug-likeness (QED) is 0.779. The lowest BCUT2D eigenvalue weighted by Gasteiger charge is -2.20. The van der Waals surface area contributed by atoms with E-state index in [2.05, 4.69) is 15.0 Å². The minimum Gasteiger partial charge on any atom is -0.394 e. The zero-order chi connectivity index (χ0) is 14.5. The van der Waals surface area contributed by atoms with Crippen LogP contribution in [-0.4, -0.2) is 54.5 Å². The van der Waals surface area contributed by atoms with Crippen molar-refractivity contribution in [3.8, 4) is 0 Å². The first-order valence-corrected chi connectivity index (χ1v) is 6.00. The number of imidazole rings is 1. The molecule has 0 spiro atoms. The molecule has 2 aromatic heterocycles. The molecule has 0 amide bonds. The van der Waals surface area contributed by atoms with Gasteiger partial charge < -0.3 is 14.9 Å². The van der Waals surface area contributed by atoms with E-state index in [0.717, 1.165) is 17.2 Å². The van der Waals surface area contributed by atoms with E-state index in [1.807, 2.05) is 0 Å². The lowest BCUT2D eigenvalue weighted by Crippen LogP contribution is -2.39. The summed E-state index contributed by atoms with van der Waals surface area (Å²) in [6.45, 7) is -0.727. The van der Waals surface area contributed by atoms with Crippen LogP contribution < -0.4 is 0 Å². The largest absolute Gasteiger partial charge is 0.394 e. The Balaban J connectivity index is 2.10. The highest BCUT2D eigenvalue weighted by Gasteiger charge is 2.59. The van der Waals surface area contributed by atoms with E-state index in [-0.39, 0.29) is 16.3 Å². The fourth-order valence-electron chi connectivity index (χ4n) is 2.11. The third-order valence-corrected chi connectivity index (χ3v) is 3.40. The number of aromatic nitrogens is 4. The molecular weight excluding hydrogens is 298 g/mol. The zero-order valence-electron chi connectivity index (χ0n) is 9.82. The molecule has 0 saturated carbocycles.